The minimum absolute atomic E-state index is 0.114. The number of carbonyl (C=O) groups excluding carboxylic acids is 1. The van der Waals surface area contributed by atoms with Crippen molar-refractivity contribution in [1.29, 1.82) is 0 Å². The summed E-state index contributed by atoms with van der Waals surface area (Å²) in [6.45, 7) is 6.78. The average molecular weight is 398 g/mol. The minimum Gasteiger partial charge on any atom is -0.493 e. The molecule has 0 spiro atoms. The van der Waals surface area contributed by atoms with Crippen molar-refractivity contribution >= 4 is 17.7 Å². The second kappa shape index (κ2) is 11.8. The first-order valence-electron chi connectivity index (χ1n) is 10.1. The van der Waals surface area contributed by atoms with Gasteiger partial charge in [0.1, 0.15) is 5.75 Å². The van der Waals surface area contributed by atoms with Crippen LogP contribution in [0.15, 0.2) is 48.5 Å². The Morgan fingerprint density at radius 3 is 2.48 bits per heavy atom. The standard InChI is InChI=1S/C24H31NO4/c1-5-6-7-16-28-22-14-8-19(17-23(22)27-4)9-15-24(26)25-20-10-12-21(13-11-20)29-18(2)3/h8-15,17-18H,5-7,16H2,1-4H3,(H,25,26)/b15-9+. The Morgan fingerprint density at radius 1 is 1.07 bits per heavy atom. The maximum atomic E-state index is 12.2. The first-order chi connectivity index (χ1) is 14.0. The number of rotatable bonds is 11. The van der Waals surface area contributed by atoms with Gasteiger partial charge in [0.25, 0.3) is 0 Å². The average Bonchev–Trinajstić information content (AvgIpc) is 2.71. The van der Waals surface area contributed by atoms with Gasteiger partial charge in [-0.1, -0.05) is 25.8 Å². The van der Waals surface area contributed by atoms with Crippen molar-refractivity contribution in [2.75, 3.05) is 19.0 Å². The summed E-state index contributed by atoms with van der Waals surface area (Å²) in [5, 5.41) is 2.84. The smallest absolute Gasteiger partial charge is 0.248 e. The molecule has 5 heteroatoms. The fourth-order valence-corrected chi connectivity index (χ4v) is 2.69. The van der Waals surface area contributed by atoms with Crippen LogP contribution >= 0.6 is 0 Å². The van der Waals surface area contributed by atoms with Gasteiger partial charge in [-0.3, -0.25) is 4.79 Å². The Kier molecular flexibility index (Phi) is 9.09. The quantitative estimate of drug-likeness (QED) is 0.390. The summed E-state index contributed by atoms with van der Waals surface area (Å²) in [6.07, 6.45) is 6.67. The monoisotopic (exact) mass is 397 g/mol. The van der Waals surface area contributed by atoms with Gasteiger partial charge in [0.05, 0.1) is 19.8 Å². The normalized spacial score (nSPS) is 10.9. The topological polar surface area (TPSA) is 56.8 Å². The van der Waals surface area contributed by atoms with Crippen molar-refractivity contribution in [3.63, 3.8) is 0 Å². The van der Waals surface area contributed by atoms with Gasteiger partial charge in [-0.25, -0.2) is 0 Å². The van der Waals surface area contributed by atoms with Gasteiger partial charge in [0.2, 0.25) is 5.91 Å². The van der Waals surface area contributed by atoms with Crippen LogP contribution in [0.1, 0.15) is 45.6 Å². The molecule has 0 aliphatic carbocycles. The summed E-state index contributed by atoms with van der Waals surface area (Å²) in [7, 11) is 1.61. The number of benzene rings is 2. The fourth-order valence-electron chi connectivity index (χ4n) is 2.69. The SMILES string of the molecule is CCCCCOc1ccc(/C=C/C(=O)Nc2ccc(OC(C)C)cc2)cc1OC. The molecule has 2 aromatic rings. The van der Waals surface area contributed by atoms with Gasteiger partial charge in [0, 0.05) is 11.8 Å². The molecule has 0 fully saturated rings. The van der Waals surface area contributed by atoms with E-state index < -0.39 is 0 Å². The molecule has 0 unspecified atom stereocenters. The van der Waals surface area contributed by atoms with Crippen LogP contribution in [0, 0.1) is 0 Å². The van der Waals surface area contributed by atoms with Gasteiger partial charge in [-0.15, -0.1) is 0 Å². The molecule has 0 aliphatic heterocycles. The Labute approximate surface area is 173 Å². The Hall–Kier alpha value is -2.95. The molecule has 29 heavy (non-hydrogen) atoms. The predicted octanol–water partition coefficient (Wildman–Crippen LogP) is 5.70. The van der Waals surface area contributed by atoms with E-state index in [1.807, 2.05) is 56.3 Å². The van der Waals surface area contributed by atoms with Crippen LogP contribution in [0.3, 0.4) is 0 Å². The summed E-state index contributed by atoms with van der Waals surface area (Å²) in [5.41, 5.74) is 1.57. The molecule has 1 N–H and O–H groups in total. The van der Waals surface area contributed by atoms with Crippen LogP contribution in [-0.4, -0.2) is 25.7 Å². The van der Waals surface area contributed by atoms with Gasteiger partial charge in [-0.2, -0.15) is 0 Å². The van der Waals surface area contributed by atoms with E-state index in [4.69, 9.17) is 14.2 Å². The van der Waals surface area contributed by atoms with E-state index >= 15 is 0 Å². The number of carbonyl (C=O) groups is 1. The molecule has 0 aromatic heterocycles. The number of nitrogens with one attached hydrogen (secondary N) is 1. The number of methoxy groups -OCH3 is 1. The third-order valence-electron chi connectivity index (χ3n) is 4.11. The Balaban J connectivity index is 1.93. The van der Waals surface area contributed by atoms with E-state index in [9.17, 15) is 4.79 Å². The van der Waals surface area contributed by atoms with Crippen molar-refractivity contribution in [2.24, 2.45) is 0 Å². The zero-order chi connectivity index (χ0) is 21.1. The Bertz CT molecular complexity index is 797. The van der Waals surface area contributed by atoms with E-state index in [-0.39, 0.29) is 12.0 Å². The zero-order valence-corrected chi connectivity index (χ0v) is 17.7. The molecule has 0 radical (unpaired) electrons. The first kappa shape index (κ1) is 22.3. The second-order valence-electron chi connectivity index (χ2n) is 6.98. The highest BCUT2D eigenvalue weighted by molar-refractivity contribution is 6.01. The number of anilines is 1. The number of ether oxygens (including phenoxy) is 3. The van der Waals surface area contributed by atoms with Gasteiger partial charge in [0.15, 0.2) is 11.5 Å². The molecule has 0 bridgehead atoms. The molecular formula is C24H31NO4. The van der Waals surface area contributed by atoms with Crippen LogP contribution in [0.5, 0.6) is 17.2 Å². The van der Waals surface area contributed by atoms with Crippen molar-refractivity contribution < 1.29 is 19.0 Å². The number of amides is 1. The van der Waals surface area contributed by atoms with Crippen molar-refractivity contribution in [3.05, 3.63) is 54.1 Å². The van der Waals surface area contributed by atoms with Crippen LogP contribution in [0.25, 0.3) is 6.08 Å². The summed E-state index contributed by atoms with van der Waals surface area (Å²) >= 11 is 0. The highest BCUT2D eigenvalue weighted by atomic mass is 16.5. The third kappa shape index (κ3) is 7.90. The largest absolute Gasteiger partial charge is 0.493 e. The summed E-state index contributed by atoms with van der Waals surface area (Å²) in [6, 6.07) is 12.9. The lowest BCUT2D eigenvalue weighted by Gasteiger charge is -2.11. The lowest BCUT2D eigenvalue weighted by molar-refractivity contribution is -0.111. The van der Waals surface area contributed by atoms with E-state index in [0.717, 1.165) is 30.6 Å². The van der Waals surface area contributed by atoms with Gasteiger partial charge < -0.3 is 19.5 Å². The minimum atomic E-state index is -0.207. The van der Waals surface area contributed by atoms with Gasteiger partial charge >= 0.3 is 0 Å². The van der Waals surface area contributed by atoms with Crippen LogP contribution in [0.4, 0.5) is 5.69 Å². The highest BCUT2D eigenvalue weighted by Crippen LogP contribution is 2.28. The van der Waals surface area contributed by atoms with Crippen LogP contribution < -0.4 is 19.5 Å². The van der Waals surface area contributed by atoms with Crippen LogP contribution in [0.2, 0.25) is 0 Å². The molecule has 0 saturated carbocycles. The number of hydrogen-bond acceptors (Lipinski definition) is 4. The van der Waals surface area contributed by atoms with Crippen LogP contribution in [-0.2, 0) is 4.79 Å². The molecule has 2 rings (SSSR count). The van der Waals surface area contributed by atoms with Gasteiger partial charge in [-0.05, 0) is 68.3 Å². The molecule has 0 atom stereocenters. The maximum absolute atomic E-state index is 12.2. The predicted molar refractivity (Wildman–Crippen MR) is 118 cm³/mol. The van der Waals surface area contributed by atoms with E-state index in [1.54, 1.807) is 13.2 Å². The lowest BCUT2D eigenvalue weighted by Crippen LogP contribution is -2.08. The molecule has 1 amide bonds. The fraction of sp³-hybridized carbons (Fsp3) is 0.375. The van der Waals surface area contributed by atoms with E-state index in [0.29, 0.717) is 23.8 Å². The molecule has 2 aromatic carbocycles. The van der Waals surface area contributed by atoms with E-state index in [1.165, 1.54) is 6.08 Å². The van der Waals surface area contributed by atoms with Crippen molar-refractivity contribution in [2.45, 2.75) is 46.1 Å². The molecule has 0 aliphatic rings. The maximum Gasteiger partial charge on any atom is 0.248 e. The molecule has 5 nitrogen and oxygen atoms in total. The summed E-state index contributed by atoms with van der Waals surface area (Å²) in [5.74, 6) is 1.94. The Morgan fingerprint density at radius 2 is 1.83 bits per heavy atom. The summed E-state index contributed by atoms with van der Waals surface area (Å²) in [4.78, 5) is 12.2. The third-order valence-corrected chi connectivity index (χ3v) is 4.11. The van der Waals surface area contributed by atoms with Crippen molar-refractivity contribution in [3.8, 4) is 17.2 Å². The second-order valence-corrected chi connectivity index (χ2v) is 6.98. The zero-order valence-electron chi connectivity index (χ0n) is 17.7. The number of unbranched alkanes of at least 4 members (excludes halogenated alkanes) is 2. The lowest BCUT2D eigenvalue weighted by atomic mass is 10.2. The van der Waals surface area contributed by atoms with E-state index in [2.05, 4.69) is 12.2 Å². The summed E-state index contributed by atoms with van der Waals surface area (Å²) < 4.78 is 16.8. The highest BCUT2D eigenvalue weighted by Gasteiger charge is 2.05. The molecular weight excluding hydrogens is 366 g/mol. The number of hydrogen-bond donors (Lipinski definition) is 1. The van der Waals surface area contributed by atoms with Crippen molar-refractivity contribution in [1.82, 2.24) is 0 Å². The molecule has 0 heterocycles. The first-order valence-corrected chi connectivity index (χ1v) is 10.1. The molecule has 156 valence electrons. The molecule has 0 saturated heterocycles.